The SMILES string of the molecule is CCS(=O)(=O)N[C@H](C(=O)NCCc1ccc(OCC(C)c2ccccc2F)c(OC)c1)C(C)C. The quantitative estimate of drug-likeness (QED) is 0.444. The lowest BCUT2D eigenvalue weighted by molar-refractivity contribution is -0.123. The van der Waals surface area contributed by atoms with Crippen molar-refractivity contribution in [2.75, 3.05) is 26.0 Å². The molecule has 0 heterocycles. The zero-order valence-corrected chi connectivity index (χ0v) is 21.2. The Bertz CT molecular complexity index is 1060. The molecule has 34 heavy (non-hydrogen) atoms. The highest BCUT2D eigenvalue weighted by molar-refractivity contribution is 7.89. The van der Waals surface area contributed by atoms with Crippen LogP contribution in [0.15, 0.2) is 42.5 Å². The van der Waals surface area contributed by atoms with E-state index in [0.717, 1.165) is 5.56 Å². The Labute approximate surface area is 202 Å². The van der Waals surface area contributed by atoms with Crippen LogP contribution in [0, 0.1) is 11.7 Å². The molecule has 0 saturated carbocycles. The molecule has 2 N–H and O–H groups in total. The van der Waals surface area contributed by atoms with E-state index in [-0.39, 0.29) is 35.9 Å². The molecule has 9 heteroatoms. The number of carbonyl (C=O) groups excluding carboxylic acids is 1. The molecule has 7 nitrogen and oxygen atoms in total. The van der Waals surface area contributed by atoms with E-state index in [1.807, 2.05) is 19.1 Å². The Morgan fingerprint density at radius 2 is 1.79 bits per heavy atom. The lowest BCUT2D eigenvalue weighted by Gasteiger charge is -2.21. The van der Waals surface area contributed by atoms with E-state index in [9.17, 15) is 17.6 Å². The Morgan fingerprint density at radius 3 is 2.41 bits per heavy atom. The number of nitrogens with one attached hydrogen (secondary N) is 2. The van der Waals surface area contributed by atoms with Crippen LogP contribution in [-0.4, -0.2) is 46.4 Å². The minimum Gasteiger partial charge on any atom is -0.493 e. The van der Waals surface area contributed by atoms with Gasteiger partial charge in [-0.05, 0) is 48.6 Å². The lowest BCUT2D eigenvalue weighted by atomic mass is 10.0. The van der Waals surface area contributed by atoms with Crippen LogP contribution < -0.4 is 19.5 Å². The highest BCUT2D eigenvalue weighted by atomic mass is 32.2. The highest BCUT2D eigenvalue weighted by Gasteiger charge is 2.26. The molecule has 2 aromatic carbocycles. The molecule has 0 aliphatic carbocycles. The molecule has 0 aromatic heterocycles. The average molecular weight is 495 g/mol. The predicted octanol–water partition coefficient (Wildman–Crippen LogP) is 3.64. The van der Waals surface area contributed by atoms with Crippen molar-refractivity contribution < 1.29 is 27.1 Å². The first-order valence-corrected chi connectivity index (χ1v) is 13.0. The van der Waals surface area contributed by atoms with Gasteiger partial charge in [0.05, 0.1) is 19.5 Å². The van der Waals surface area contributed by atoms with Gasteiger partial charge in [-0.3, -0.25) is 4.79 Å². The van der Waals surface area contributed by atoms with E-state index in [4.69, 9.17) is 9.47 Å². The minimum absolute atomic E-state index is 0.0865. The standard InChI is InChI=1S/C25H35FN2O5S/c1-6-34(30,31)28-24(17(2)3)25(29)27-14-13-19-11-12-22(23(15-19)32-5)33-16-18(4)20-9-7-8-10-21(20)26/h7-12,15,17-18,24,28H,6,13-14,16H2,1-5H3,(H,27,29)/t18?,24-/m0/s1. The van der Waals surface area contributed by atoms with Gasteiger partial charge in [-0.1, -0.05) is 45.0 Å². The summed E-state index contributed by atoms with van der Waals surface area (Å²) in [6, 6.07) is 11.3. The maximum Gasteiger partial charge on any atom is 0.238 e. The molecular weight excluding hydrogens is 459 g/mol. The molecule has 0 bridgehead atoms. The highest BCUT2D eigenvalue weighted by Crippen LogP contribution is 2.30. The molecule has 188 valence electrons. The summed E-state index contributed by atoms with van der Waals surface area (Å²) in [6.45, 7) is 7.63. The summed E-state index contributed by atoms with van der Waals surface area (Å²) in [5.41, 5.74) is 1.51. The first kappa shape index (κ1) is 27.6. The zero-order valence-electron chi connectivity index (χ0n) is 20.4. The molecule has 0 fully saturated rings. The number of hydrogen-bond donors (Lipinski definition) is 2. The second-order valence-corrected chi connectivity index (χ2v) is 10.5. The van der Waals surface area contributed by atoms with E-state index in [1.54, 1.807) is 45.2 Å². The van der Waals surface area contributed by atoms with E-state index in [0.29, 0.717) is 30.0 Å². The van der Waals surface area contributed by atoms with Crippen molar-refractivity contribution in [2.24, 2.45) is 5.92 Å². The Kier molecular flexibility index (Phi) is 10.3. The molecule has 0 aliphatic heterocycles. The minimum atomic E-state index is -3.49. The second kappa shape index (κ2) is 12.7. The van der Waals surface area contributed by atoms with Crippen LogP contribution in [0.4, 0.5) is 4.39 Å². The van der Waals surface area contributed by atoms with Crippen LogP contribution in [0.2, 0.25) is 0 Å². The first-order valence-electron chi connectivity index (χ1n) is 11.4. The average Bonchev–Trinajstić information content (AvgIpc) is 2.81. The van der Waals surface area contributed by atoms with Crippen LogP contribution in [0.25, 0.3) is 0 Å². The van der Waals surface area contributed by atoms with Gasteiger partial charge >= 0.3 is 0 Å². The molecule has 1 unspecified atom stereocenters. The van der Waals surface area contributed by atoms with Gasteiger partial charge in [-0.25, -0.2) is 17.5 Å². The van der Waals surface area contributed by atoms with Crippen LogP contribution in [0.3, 0.4) is 0 Å². The summed E-state index contributed by atoms with van der Waals surface area (Å²) in [4.78, 5) is 12.5. The molecular formula is C25H35FN2O5S. The van der Waals surface area contributed by atoms with Gasteiger partial charge in [0.15, 0.2) is 11.5 Å². The molecule has 0 radical (unpaired) electrons. The van der Waals surface area contributed by atoms with Gasteiger partial charge in [0, 0.05) is 12.5 Å². The fraction of sp³-hybridized carbons (Fsp3) is 0.480. The van der Waals surface area contributed by atoms with Crippen LogP contribution in [-0.2, 0) is 21.2 Å². The topological polar surface area (TPSA) is 93.7 Å². The summed E-state index contributed by atoms with van der Waals surface area (Å²) in [6.07, 6.45) is 0.527. The molecule has 0 spiro atoms. The lowest BCUT2D eigenvalue weighted by Crippen LogP contribution is -2.50. The smallest absolute Gasteiger partial charge is 0.238 e. The monoisotopic (exact) mass is 494 g/mol. The number of amides is 1. The normalized spacial score (nSPS) is 13.4. The van der Waals surface area contributed by atoms with E-state index in [2.05, 4.69) is 10.0 Å². The number of rotatable bonds is 13. The third kappa shape index (κ3) is 7.99. The van der Waals surface area contributed by atoms with Crippen LogP contribution in [0.1, 0.15) is 44.7 Å². The molecule has 2 rings (SSSR count). The predicted molar refractivity (Wildman–Crippen MR) is 131 cm³/mol. The number of halogens is 1. The third-order valence-corrected chi connectivity index (χ3v) is 6.87. The fourth-order valence-corrected chi connectivity index (χ4v) is 4.31. The number of ether oxygens (including phenoxy) is 2. The Hall–Kier alpha value is -2.65. The van der Waals surface area contributed by atoms with Crippen molar-refractivity contribution >= 4 is 15.9 Å². The van der Waals surface area contributed by atoms with E-state index in [1.165, 1.54) is 13.0 Å². The number of sulfonamides is 1. The third-order valence-electron chi connectivity index (χ3n) is 5.50. The second-order valence-electron chi connectivity index (χ2n) is 8.50. The first-order chi connectivity index (χ1) is 16.1. The van der Waals surface area contributed by atoms with Crippen molar-refractivity contribution in [1.82, 2.24) is 10.0 Å². The molecule has 0 saturated heterocycles. The van der Waals surface area contributed by atoms with Gasteiger partial charge in [0.2, 0.25) is 15.9 Å². The number of methoxy groups -OCH3 is 1. The Morgan fingerprint density at radius 1 is 1.09 bits per heavy atom. The number of benzene rings is 2. The van der Waals surface area contributed by atoms with Gasteiger partial charge in [0.25, 0.3) is 0 Å². The molecule has 0 aliphatic rings. The summed E-state index contributed by atoms with van der Waals surface area (Å²) in [5.74, 6) is 0.0554. The van der Waals surface area contributed by atoms with Gasteiger partial charge in [0.1, 0.15) is 11.9 Å². The van der Waals surface area contributed by atoms with Gasteiger partial charge in [-0.2, -0.15) is 0 Å². The van der Waals surface area contributed by atoms with Crippen molar-refractivity contribution in [3.63, 3.8) is 0 Å². The van der Waals surface area contributed by atoms with Crippen molar-refractivity contribution in [2.45, 2.75) is 46.1 Å². The number of hydrogen-bond acceptors (Lipinski definition) is 5. The zero-order chi connectivity index (χ0) is 25.3. The van der Waals surface area contributed by atoms with Crippen LogP contribution in [0.5, 0.6) is 11.5 Å². The van der Waals surface area contributed by atoms with E-state index >= 15 is 0 Å². The summed E-state index contributed by atoms with van der Waals surface area (Å²) < 4.78 is 51.5. The van der Waals surface area contributed by atoms with Gasteiger partial charge in [-0.15, -0.1) is 0 Å². The molecule has 2 aromatic rings. The number of carbonyl (C=O) groups is 1. The summed E-state index contributed by atoms with van der Waals surface area (Å²) in [5, 5.41) is 2.80. The van der Waals surface area contributed by atoms with Crippen LogP contribution >= 0.6 is 0 Å². The van der Waals surface area contributed by atoms with Crippen molar-refractivity contribution in [3.05, 3.63) is 59.4 Å². The maximum atomic E-state index is 14.0. The maximum absolute atomic E-state index is 14.0. The largest absolute Gasteiger partial charge is 0.493 e. The molecule has 1 amide bonds. The molecule has 2 atom stereocenters. The summed E-state index contributed by atoms with van der Waals surface area (Å²) in [7, 11) is -1.95. The van der Waals surface area contributed by atoms with Crippen molar-refractivity contribution in [3.8, 4) is 11.5 Å². The van der Waals surface area contributed by atoms with E-state index < -0.39 is 16.1 Å². The summed E-state index contributed by atoms with van der Waals surface area (Å²) >= 11 is 0. The van der Waals surface area contributed by atoms with Crippen molar-refractivity contribution in [1.29, 1.82) is 0 Å². The van der Waals surface area contributed by atoms with Gasteiger partial charge < -0.3 is 14.8 Å². The fourth-order valence-electron chi connectivity index (χ4n) is 3.38. The Balaban J connectivity index is 1.95.